The van der Waals surface area contributed by atoms with Crippen molar-refractivity contribution in [3.05, 3.63) is 39.8 Å². The fraction of sp³-hybridized carbons (Fsp3) is 0.0909. The van der Waals surface area contributed by atoms with Gasteiger partial charge in [-0.1, -0.05) is 0 Å². The minimum absolute atomic E-state index is 0.100. The summed E-state index contributed by atoms with van der Waals surface area (Å²) in [6.45, 7) is 1.57. The Morgan fingerprint density at radius 3 is 2.67 bits per heavy atom. The summed E-state index contributed by atoms with van der Waals surface area (Å²) in [5.74, 6) is 0.100. The van der Waals surface area contributed by atoms with Crippen molar-refractivity contribution in [3.8, 4) is 10.6 Å². The minimum Gasteiger partial charge on any atom is -0.294 e. The highest BCUT2D eigenvalue weighted by atomic mass is 79.9. The molecule has 2 aromatic heterocycles. The first-order valence-corrected chi connectivity index (χ1v) is 6.00. The van der Waals surface area contributed by atoms with Crippen LogP contribution < -0.4 is 0 Å². The molecule has 0 atom stereocenters. The Bertz CT molecular complexity index is 490. The van der Waals surface area contributed by atoms with Gasteiger partial charge in [0, 0.05) is 10.7 Å². The molecule has 4 heteroatoms. The molecule has 2 aromatic rings. The zero-order valence-electron chi connectivity index (χ0n) is 8.03. The third kappa shape index (κ3) is 2.33. The van der Waals surface area contributed by atoms with Crippen LogP contribution in [0.2, 0.25) is 0 Å². The van der Waals surface area contributed by atoms with Crippen molar-refractivity contribution in [3.63, 3.8) is 0 Å². The smallest absolute Gasteiger partial charge is 0.169 e. The Labute approximate surface area is 100 Å². The molecule has 0 aliphatic rings. The SMILES string of the molecule is CC(=O)c1ccc(-c2ccc(Br)cn2)s1. The molecule has 15 heavy (non-hydrogen) atoms. The van der Waals surface area contributed by atoms with Gasteiger partial charge in [-0.3, -0.25) is 9.78 Å². The van der Waals surface area contributed by atoms with Crippen LogP contribution in [0.5, 0.6) is 0 Å². The van der Waals surface area contributed by atoms with Crippen molar-refractivity contribution in [2.75, 3.05) is 0 Å². The molecule has 0 unspecified atom stereocenters. The van der Waals surface area contributed by atoms with Crippen LogP contribution in [0.3, 0.4) is 0 Å². The second kappa shape index (κ2) is 4.24. The zero-order chi connectivity index (χ0) is 10.8. The maximum absolute atomic E-state index is 11.1. The molecule has 2 nitrogen and oxygen atoms in total. The molecule has 0 radical (unpaired) electrons. The van der Waals surface area contributed by atoms with Crippen LogP contribution >= 0.6 is 27.3 Å². The normalized spacial score (nSPS) is 10.3. The summed E-state index contributed by atoms with van der Waals surface area (Å²) in [5.41, 5.74) is 0.899. The van der Waals surface area contributed by atoms with Crippen molar-refractivity contribution >= 4 is 33.0 Å². The van der Waals surface area contributed by atoms with Crippen LogP contribution in [0.4, 0.5) is 0 Å². The summed E-state index contributed by atoms with van der Waals surface area (Å²) in [5, 5.41) is 0. The second-order valence-electron chi connectivity index (χ2n) is 3.08. The van der Waals surface area contributed by atoms with Gasteiger partial charge in [0.2, 0.25) is 0 Å². The lowest BCUT2D eigenvalue weighted by molar-refractivity contribution is 0.102. The van der Waals surface area contributed by atoms with Crippen LogP contribution in [0.1, 0.15) is 16.6 Å². The average molecular weight is 282 g/mol. The monoisotopic (exact) mass is 281 g/mol. The third-order valence-electron chi connectivity index (χ3n) is 1.93. The number of ketones is 1. The largest absolute Gasteiger partial charge is 0.294 e. The second-order valence-corrected chi connectivity index (χ2v) is 5.08. The van der Waals surface area contributed by atoms with E-state index in [-0.39, 0.29) is 5.78 Å². The number of carbonyl (C=O) groups is 1. The van der Waals surface area contributed by atoms with Crippen molar-refractivity contribution < 1.29 is 4.79 Å². The van der Waals surface area contributed by atoms with E-state index in [2.05, 4.69) is 20.9 Å². The number of hydrogen-bond acceptors (Lipinski definition) is 3. The van der Waals surface area contributed by atoms with Gasteiger partial charge in [-0.2, -0.15) is 0 Å². The van der Waals surface area contributed by atoms with Gasteiger partial charge in [0.1, 0.15) is 0 Å². The molecule has 0 aliphatic carbocycles. The van der Waals surface area contributed by atoms with Crippen LogP contribution in [0.15, 0.2) is 34.9 Å². The highest BCUT2D eigenvalue weighted by Gasteiger charge is 2.06. The van der Waals surface area contributed by atoms with Gasteiger partial charge < -0.3 is 0 Å². The Morgan fingerprint density at radius 1 is 1.33 bits per heavy atom. The number of pyridine rings is 1. The topological polar surface area (TPSA) is 30.0 Å². The fourth-order valence-corrected chi connectivity index (χ4v) is 2.30. The summed E-state index contributed by atoms with van der Waals surface area (Å²) in [4.78, 5) is 17.2. The van der Waals surface area contributed by atoms with Gasteiger partial charge in [0.05, 0.1) is 15.4 Å². The van der Waals surface area contributed by atoms with E-state index >= 15 is 0 Å². The van der Waals surface area contributed by atoms with E-state index in [0.717, 1.165) is 19.9 Å². The van der Waals surface area contributed by atoms with Gasteiger partial charge >= 0.3 is 0 Å². The van der Waals surface area contributed by atoms with Crippen LogP contribution in [-0.4, -0.2) is 10.8 Å². The first-order chi connectivity index (χ1) is 7.16. The number of hydrogen-bond donors (Lipinski definition) is 0. The first-order valence-electron chi connectivity index (χ1n) is 4.39. The number of aromatic nitrogens is 1. The highest BCUT2D eigenvalue weighted by molar-refractivity contribution is 9.10. The molecule has 0 fully saturated rings. The van der Waals surface area contributed by atoms with E-state index in [0.29, 0.717) is 0 Å². The molecule has 0 aliphatic heterocycles. The number of carbonyl (C=O) groups excluding carboxylic acids is 1. The van der Waals surface area contributed by atoms with E-state index in [4.69, 9.17) is 0 Å². The molecule has 0 aromatic carbocycles. The Hall–Kier alpha value is -1.00. The molecule has 2 rings (SSSR count). The molecular formula is C11H8BrNOS. The van der Waals surface area contributed by atoms with Crippen LogP contribution in [-0.2, 0) is 0 Å². The van der Waals surface area contributed by atoms with E-state index < -0.39 is 0 Å². The van der Waals surface area contributed by atoms with Crippen molar-refractivity contribution in [2.24, 2.45) is 0 Å². The summed E-state index contributed by atoms with van der Waals surface area (Å²) >= 11 is 4.81. The Kier molecular flexibility index (Phi) is 2.98. The Morgan fingerprint density at radius 2 is 2.13 bits per heavy atom. The van der Waals surface area contributed by atoms with Crippen LogP contribution in [0.25, 0.3) is 10.6 Å². The predicted octanol–water partition coefficient (Wildman–Crippen LogP) is 3.78. The number of thiophene rings is 1. The quantitative estimate of drug-likeness (QED) is 0.785. The molecule has 0 saturated heterocycles. The van der Waals surface area contributed by atoms with Gasteiger partial charge in [0.15, 0.2) is 5.78 Å². The maximum Gasteiger partial charge on any atom is 0.169 e. The predicted molar refractivity (Wildman–Crippen MR) is 65.3 cm³/mol. The summed E-state index contributed by atoms with van der Waals surface area (Å²) in [6, 6.07) is 7.64. The average Bonchev–Trinajstić information content (AvgIpc) is 2.68. The van der Waals surface area contributed by atoms with E-state index in [1.165, 1.54) is 11.3 Å². The van der Waals surface area contributed by atoms with E-state index in [1.54, 1.807) is 13.1 Å². The summed E-state index contributed by atoms with van der Waals surface area (Å²) in [6.07, 6.45) is 1.75. The number of Topliss-reactive ketones (excluding diaryl/α,β-unsaturated/α-hetero) is 1. The van der Waals surface area contributed by atoms with Crippen LogP contribution in [0, 0.1) is 0 Å². The number of rotatable bonds is 2. The zero-order valence-corrected chi connectivity index (χ0v) is 10.4. The van der Waals surface area contributed by atoms with E-state index in [1.807, 2.05) is 24.3 Å². The van der Waals surface area contributed by atoms with Gasteiger partial charge in [0.25, 0.3) is 0 Å². The fourth-order valence-electron chi connectivity index (χ4n) is 1.19. The van der Waals surface area contributed by atoms with E-state index in [9.17, 15) is 4.79 Å². The summed E-state index contributed by atoms with van der Waals surface area (Å²) in [7, 11) is 0. The van der Waals surface area contributed by atoms with Crippen molar-refractivity contribution in [1.29, 1.82) is 0 Å². The number of halogens is 1. The highest BCUT2D eigenvalue weighted by Crippen LogP contribution is 2.27. The molecule has 0 saturated carbocycles. The molecule has 0 bridgehead atoms. The molecular weight excluding hydrogens is 274 g/mol. The van der Waals surface area contributed by atoms with Crippen molar-refractivity contribution in [2.45, 2.75) is 6.92 Å². The number of nitrogens with zero attached hydrogens (tertiary/aromatic N) is 1. The standard InChI is InChI=1S/C11H8BrNOS/c1-7(14)10-4-5-11(15-10)9-3-2-8(12)6-13-9/h2-6H,1H3. The molecule has 0 spiro atoms. The third-order valence-corrected chi connectivity index (χ3v) is 3.61. The molecule has 2 heterocycles. The maximum atomic E-state index is 11.1. The molecule has 0 amide bonds. The van der Waals surface area contributed by atoms with Crippen molar-refractivity contribution in [1.82, 2.24) is 4.98 Å². The lowest BCUT2D eigenvalue weighted by atomic mass is 10.3. The van der Waals surface area contributed by atoms with Gasteiger partial charge in [-0.05, 0) is 47.1 Å². The molecule has 0 N–H and O–H groups in total. The first kappa shape index (κ1) is 10.5. The Balaban J connectivity index is 2.37. The molecule has 76 valence electrons. The lowest BCUT2D eigenvalue weighted by Gasteiger charge is -1.95. The van der Waals surface area contributed by atoms with Gasteiger partial charge in [-0.25, -0.2) is 0 Å². The summed E-state index contributed by atoms with van der Waals surface area (Å²) < 4.78 is 0.953. The van der Waals surface area contributed by atoms with Gasteiger partial charge in [-0.15, -0.1) is 11.3 Å². The lowest BCUT2D eigenvalue weighted by Crippen LogP contribution is -1.83. The minimum atomic E-state index is 0.100.